The number of piperidine rings is 1. The van der Waals surface area contributed by atoms with Crippen LogP contribution in [0.15, 0.2) is 48.5 Å². The second-order valence-electron chi connectivity index (χ2n) is 8.48. The molecule has 2 heterocycles. The predicted molar refractivity (Wildman–Crippen MR) is 118 cm³/mol. The van der Waals surface area contributed by atoms with Gasteiger partial charge in [-0.15, -0.1) is 0 Å². The van der Waals surface area contributed by atoms with E-state index in [1.165, 1.54) is 0 Å². The maximum Gasteiger partial charge on any atom is 0.253 e. The third-order valence-corrected chi connectivity index (χ3v) is 6.46. The number of H-pyrrole nitrogens is 1. The number of hydrogen-bond acceptors (Lipinski definition) is 4. The van der Waals surface area contributed by atoms with Crippen molar-refractivity contribution >= 4 is 11.7 Å². The van der Waals surface area contributed by atoms with Crippen LogP contribution >= 0.6 is 0 Å². The van der Waals surface area contributed by atoms with E-state index in [1.807, 2.05) is 53.4 Å². The molecule has 3 aromatic rings. The van der Waals surface area contributed by atoms with Crippen LogP contribution in [-0.4, -0.2) is 44.9 Å². The minimum atomic E-state index is 0.0560. The first kappa shape index (κ1) is 19.7. The van der Waals surface area contributed by atoms with Gasteiger partial charge < -0.3 is 4.90 Å². The number of ketones is 1. The van der Waals surface area contributed by atoms with E-state index in [2.05, 4.69) is 10.2 Å². The lowest BCUT2D eigenvalue weighted by molar-refractivity contribution is 0.0710. The molecule has 1 amide bonds. The van der Waals surface area contributed by atoms with Crippen molar-refractivity contribution in [1.82, 2.24) is 20.1 Å². The number of aromatic amines is 1. The van der Waals surface area contributed by atoms with Crippen molar-refractivity contribution in [3.05, 3.63) is 71.0 Å². The van der Waals surface area contributed by atoms with Gasteiger partial charge >= 0.3 is 0 Å². The molecule has 5 rings (SSSR count). The predicted octanol–water partition coefficient (Wildman–Crippen LogP) is 4.40. The maximum absolute atomic E-state index is 13.1. The topological polar surface area (TPSA) is 79.0 Å². The Morgan fingerprint density at radius 2 is 1.77 bits per heavy atom. The number of rotatable bonds is 3. The number of nitrogens with zero attached hydrogens (tertiary/aromatic N) is 3. The van der Waals surface area contributed by atoms with Gasteiger partial charge in [0.25, 0.3) is 5.91 Å². The summed E-state index contributed by atoms with van der Waals surface area (Å²) in [7, 11) is 0. The quantitative estimate of drug-likeness (QED) is 0.644. The van der Waals surface area contributed by atoms with Crippen LogP contribution in [0.25, 0.3) is 11.4 Å². The standard InChI is InChI=1S/C25H26N4O2/c30-22-9-5-4-8-19-16-20(10-11-21(19)22)25(31)29-14-12-18(13-15-29)24-26-23(27-28-24)17-6-2-1-3-7-17/h1-3,6-7,10-11,16,18H,4-5,8-9,12-15H2,(H,26,27,28). The van der Waals surface area contributed by atoms with Crippen molar-refractivity contribution in [2.75, 3.05) is 13.1 Å². The highest BCUT2D eigenvalue weighted by molar-refractivity contribution is 6.00. The zero-order valence-corrected chi connectivity index (χ0v) is 17.5. The molecule has 2 aromatic carbocycles. The lowest BCUT2D eigenvalue weighted by atomic mass is 9.94. The van der Waals surface area contributed by atoms with Gasteiger partial charge in [0.15, 0.2) is 11.6 Å². The summed E-state index contributed by atoms with van der Waals surface area (Å²) in [5.74, 6) is 2.15. The number of nitrogens with one attached hydrogen (secondary N) is 1. The summed E-state index contributed by atoms with van der Waals surface area (Å²) in [5, 5.41) is 7.47. The van der Waals surface area contributed by atoms with Crippen LogP contribution in [0.1, 0.15) is 70.1 Å². The second kappa shape index (κ2) is 8.46. The molecule has 0 radical (unpaired) electrons. The van der Waals surface area contributed by atoms with Gasteiger partial charge in [-0.05, 0) is 49.8 Å². The van der Waals surface area contributed by atoms with Gasteiger partial charge in [-0.25, -0.2) is 4.98 Å². The van der Waals surface area contributed by atoms with Gasteiger partial charge in [-0.2, -0.15) is 5.10 Å². The summed E-state index contributed by atoms with van der Waals surface area (Å²) in [5.41, 5.74) is 3.52. The highest BCUT2D eigenvalue weighted by atomic mass is 16.2. The molecule has 158 valence electrons. The highest BCUT2D eigenvalue weighted by Crippen LogP contribution is 2.28. The molecule has 1 N–H and O–H groups in total. The molecule has 6 heteroatoms. The summed E-state index contributed by atoms with van der Waals surface area (Å²) >= 11 is 0. The van der Waals surface area contributed by atoms with Gasteiger partial charge in [0.05, 0.1) is 0 Å². The first-order valence-electron chi connectivity index (χ1n) is 11.1. The summed E-state index contributed by atoms with van der Waals surface area (Å²) < 4.78 is 0. The Hall–Kier alpha value is -3.28. The van der Waals surface area contributed by atoms with Crippen LogP contribution in [0.5, 0.6) is 0 Å². The smallest absolute Gasteiger partial charge is 0.253 e. The van der Waals surface area contributed by atoms with Crippen LogP contribution in [0.4, 0.5) is 0 Å². The molecule has 1 aliphatic heterocycles. The van der Waals surface area contributed by atoms with Gasteiger partial charge in [-0.3, -0.25) is 14.7 Å². The fourth-order valence-electron chi connectivity index (χ4n) is 4.65. The van der Waals surface area contributed by atoms with Crippen LogP contribution in [0, 0.1) is 0 Å². The molecule has 1 aromatic heterocycles. The summed E-state index contributed by atoms with van der Waals surface area (Å²) in [4.78, 5) is 31.9. The second-order valence-corrected chi connectivity index (χ2v) is 8.48. The van der Waals surface area contributed by atoms with E-state index in [4.69, 9.17) is 4.98 Å². The fourth-order valence-corrected chi connectivity index (χ4v) is 4.65. The van der Waals surface area contributed by atoms with Crippen molar-refractivity contribution in [3.8, 4) is 11.4 Å². The van der Waals surface area contributed by atoms with Crippen LogP contribution in [-0.2, 0) is 6.42 Å². The summed E-state index contributed by atoms with van der Waals surface area (Å²) in [6.07, 6.45) is 5.14. The lowest BCUT2D eigenvalue weighted by Crippen LogP contribution is -2.38. The Morgan fingerprint density at radius 1 is 1.00 bits per heavy atom. The third-order valence-electron chi connectivity index (χ3n) is 6.46. The Morgan fingerprint density at radius 3 is 2.58 bits per heavy atom. The van der Waals surface area contributed by atoms with E-state index in [0.29, 0.717) is 30.9 Å². The summed E-state index contributed by atoms with van der Waals surface area (Å²) in [6, 6.07) is 15.6. The first-order chi connectivity index (χ1) is 15.2. The van der Waals surface area contributed by atoms with E-state index in [-0.39, 0.29) is 17.6 Å². The van der Waals surface area contributed by atoms with E-state index in [0.717, 1.165) is 54.6 Å². The number of carbonyl (C=O) groups excluding carboxylic acids is 2. The SMILES string of the molecule is O=C1CCCCc2cc(C(=O)N3CCC(c4nc(-c5ccccc5)n[nH]4)CC3)ccc21. The molecular formula is C25H26N4O2. The number of benzene rings is 2. The molecule has 1 aliphatic carbocycles. The summed E-state index contributed by atoms with van der Waals surface area (Å²) in [6.45, 7) is 1.39. The average molecular weight is 415 g/mol. The Labute approximate surface area is 181 Å². The highest BCUT2D eigenvalue weighted by Gasteiger charge is 2.27. The maximum atomic E-state index is 13.1. The van der Waals surface area contributed by atoms with E-state index < -0.39 is 0 Å². The van der Waals surface area contributed by atoms with Crippen molar-refractivity contribution in [2.24, 2.45) is 0 Å². The molecule has 6 nitrogen and oxygen atoms in total. The molecule has 0 spiro atoms. The average Bonchev–Trinajstić information content (AvgIpc) is 3.25. The van der Waals surface area contributed by atoms with E-state index in [9.17, 15) is 9.59 Å². The number of aromatic nitrogens is 3. The third kappa shape index (κ3) is 4.02. The molecule has 0 atom stereocenters. The molecule has 1 saturated heterocycles. The minimum absolute atomic E-state index is 0.0560. The van der Waals surface area contributed by atoms with Gasteiger partial charge in [0.1, 0.15) is 5.82 Å². The Bertz CT molecular complexity index is 1100. The van der Waals surface area contributed by atoms with Crippen LogP contribution < -0.4 is 0 Å². The number of carbonyl (C=O) groups is 2. The van der Waals surface area contributed by atoms with Crippen molar-refractivity contribution in [3.63, 3.8) is 0 Å². The number of likely N-dealkylation sites (tertiary alicyclic amines) is 1. The van der Waals surface area contributed by atoms with E-state index in [1.54, 1.807) is 0 Å². The number of amides is 1. The first-order valence-corrected chi connectivity index (χ1v) is 11.1. The van der Waals surface area contributed by atoms with Crippen molar-refractivity contribution in [1.29, 1.82) is 0 Å². The zero-order chi connectivity index (χ0) is 21.2. The van der Waals surface area contributed by atoms with Crippen LogP contribution in [0.2, 0.25) is 0 Å². The molecule has 0 bridgehead atoms. The number of Topliss-reactive ketones (excluding diaryl/α,β-unsaturated/α-hetero) is 1. The molecule has 2 aliphatic rings. The van der Waals surface area contributed by atoms with E-state index >= 15 is 0 Å². The fraction of sp³-hybridized carbons (Fsp3) is 0.360. The molecule has 0 saturated carbocycles. The monoisotopic (exact) mass is 414 g/mol. The van der Waals surface area contributed by atoms with Crippen LogP contribution in [0.3, 0.4) is 0 Å². The lowest BCUT2D eigenvalue weighted by Gasteiger charge is -2.31. The van der Waals surface area contributed by atoms with Gasteiger partial charge in [0.2, 0.25) is 0 Å². The minimum Gasteiger partial charge on any atom is -0.339 e. The Balaban J connectivity index is 1.25. The number of aryl methyl sites for hydroxylation is 1. The molecule has 0 unspecified atom stereocenters. The normalized spacial score (nSPS) is 17.3. The van der Waals surface area contributed by atoms with Crippen molar-refractivity contribution < 1.29 is 9.59 Å². The molecular weight excluding hydrogens is 388 g/mol. The molecule has 31 heavy (non-hydrogen) atoms. The number of fused-ring (bicyclic) bond motifs is 1. The van der Waals surface area contributed by atoms with Gasteiger partial charge in [0, 0.05) is 42.1 Å². The largest absolute Gasteiger partial charge is 0.339 e. The Kier molecular flexibility index (Phi) is 5.37. The van der Waals surface area contributed by atoms with Crippen molar-refractivity contribution in [2.45, 2.75) is 44.4 Å². The molecule has 1 fully saturated rings. The van der Waals surface area contributed by atoms with Gasteiger partial charge in [-0.1, -0.05) is 36.4 Å². The number of hydrogen-bond donors (Lipinski definition) is 1. The zero-order valence-electron chi connectivity index (χ0n) is 17.5.